The molecule has 0 bridgehead atoms. The van der Waals surface area contributed by atoms with Crippen LogP contribution in [0, 0.1) is 11.6 Å². The molecule has 0 aliphatic heterocycles. The third-order valence-corrected chi connectivity index (χ3v) is 5.71. The van der Waals surface area contributed by atoms with E-state index in [1.54, 1.807) is 0 Å². The molecule has 0 spiro atoms. The summed E-state index contributed by atoms with van der Waals surface area (Å²) < 4.78 is 31.3. The Kier molecular flexibility index (Phi) is 8.80. The molecule has 1 heterocycles. The van der Waals surface area contributed by atoms with Crippen LogP contribution in [0.3, 0.4) is 0 Å². The Bertz CT molecular complexity index is 1250. The van der Waals surface area contributed by atoms with Crippen LogP contribution in [-0.4, -0.2) is 35.1 Å². The number of thioether (sulfide) groups is 1. The Balaban J connectivity index is 1.55. The Labute approximate surface area is 206 Å². The van der Waals surface area contributed by atoms with Crippen LogP contribution < -0.4 is 10.6 Å². The highest BCUT2D eigenvalue weighted by atomic mass is 35.5. The molecule has 1 aromatic heterocycles. The molecule has 0 fully saturated rings. The van der Waals surface area contributed by atoms with Gasteiger partial charge in [-0.05, 0) is 48.5 Å². The number of aromatic nitrogens is 1. The van der Waals surface area contributed by atoms with E-state index in [9.17, 15) is 23.2 Å². The zero-order valence-corrected chi connectivity index (χ0v) is 19.4. The van der Waals surface area contributed by atoms with Gasteiger partial charge in [-0.2, -0.15) is 0 Å². The number of benzene rings is 2. The van der Waals surface area contributed by atoms with Gasteiger partial charge in [-0.25, -0.2) is 18.6 Å². The highest BCUT2D eigenvalue weighted by Crippen LogP contribution is 2.25. The molecular weight excluding hydrogens is 511 g/mol. The van der Waals surface area contributed by atoms with Crippen molar-refractivity contribution in [3.05, 3.63) is 82.0 Å². The van der Waals surface area contributed by atoms with E-state index >= 15 is 0 Å². The van der Waals surface area contributed by atoms with Gasteiger partial charge in [0.2, 0.25) is 5.91 Å². The van der Waals surface area contributed by atoms with Crippen molar-refractivity contribution in [2.45, 2.75) is 5.03 Å². The van der Waals surface area contributed by atoms with Gasteiger partial charge in [-0.1, -0.05) is 35.0 Å². The van der Waals surface area contributed by atoms with Gasteiger partial charge < -0.3 is 15.4 Å². The van der Waals surface area contributed by atoms with Gasteiger partial charge in [0, 0.05) is 6.20 Å². The lowest BCUT2D eigenvalue weighted by Gasteiger charge is -2.10. The second-order valence-electron chi connectivity index (χ2n) is 6.57. The Morgan fingerprint density at radius 2 is 1.50 bits per heavy atom. The van der Waals surface area contributed by atoms with Crippen molar-refractivity contribution in [1.82, 2.24) is 4.98 Å². The minimum Gasteiger partial charge on any atom is -0.452 e. The highest BCUT2D eigenvalue weighted by Gasteiger charge is 2.18. The molecular formula is C22H15Cl2F2N3O4S. The van der Waals surface area contributed by atoms with Gasteiger partial charge in [0.25, 0.3) is 5.91 Å². The van der Waals surface area contributed by atoms with Crippen LogP contribution >= 0.6 is 35.0 Å². The second-order valence-corrected chi connectivity index (χ2v) is 8.34. The van der Waals surface area contributed by atoms with E-state index < -0.39 is 36.0 Å². The summed E-state index contributed by atoms with van der Waals surface area (Å²) in [5.41, 5.74) is 0.448. The number of esters is 1. The largest absolute Gasteiger partial charge is 0.452 e. The summed E-state index contributed by atoms with van der Waals surface area (Å²) in [6.07, 6.45) is 1.43. The zero-order chi connectivity index (χ0) is 24.7. The van der Waals surface area contributed by atoms with E-state index in [0.717, 1.165) is 36.0 Å². The number of rotatable bonds is 8. The number of pyridine rings is 1. The van der Waals surface area contributed by atoms with Crippen LogP contribution in [0.4, 0.5) is 20.2 Å². The standard InChI is InChI=1S/C22H15Cl2F2N3O4S/c23-15-8-12(25)3-5-17(15)28-19(30)10-33-22(32)14-2-1-7-27-21(14)34-11-20(31)29-18-6-4-13(26)9-16(18)24/h1-9H,10-11H2,(H,28,30)(H,29,31). The van der Waals surface area contributed by atoms with Crippen molar-refractivity contribution in [3.8, 4) is 0 Å². The van der Waals surface area contributed by atoms with Gasteiger partial charge in [-0.15, -0.1) is 0 Å². The normalized spacial score (nSPS) is 10.5. The summed E-state index contributed by atoms with van der Waals surface area (Å²) in [5.74, 6) is -3.21. The predicted molar refractivity (Wildman–Crippen MR) is 125 cm³/mol. The predicted octanol–water partition coefficient (Wildman–Crippen LogP) is 5.19. The average molecular weight is 526 g/mol. The minimum atomic E-state index is -0.835. The molecule has 2 N–H and O–H groups in total. The van der Waals surface area contributed by atoms with Crippen molar-refractivity contribution in [2.24, 2.45) is 0 Å². The van der Waals surface area contributed by atoms with Crippen LogP contribution in [0.25, 0.3) is 0 Å². The molecule has 3 rings (SSSR count). The van der Waals surface area contributed by atoms with E-state index in [1.165, 1.54) is 30.5 Å². The van der Waals surface area contributed by atoms with Crippen molar-refractivity contribution in [2.75, 3.05) is 23.0 Å². The van der Waals surface area contributed by atoms with Gasteiger partial charge in [-0.3, -0.25) is 9.59 Å². The first-order chi connectivity index (χ1) is 16.2. The summed E-state index contributed by atoms with van der Waals surface area (Å²) in [4.78, 5) is 40.8. The molecule has 2 aromatic carbocycles. The summed E-state index contributed by atoms with van der Waals surface area (Å²) in [6.45, 7) is -0.630. The summed E-state index contributed by atoms with van der Waals surface area (Å²) >= 11 is 12.7. The number of amides is 2. The molecule has 0 saturated heterocycles. The second kappa shape index (κ2) is 11.8. The number of hydrogen-bond acceptors (Lipinski definition) is 6. The summed E-state index contributed by atoms with van der Waals surface area (Å²) in [6, 6.07) is 9.90. The first kappa shape index (κ1) is 25.4. The molecule has 0 unspecified atom stereocenters. The Morgan fingerprint density at radius 3 is 2.09 bits per heavy atom. The monoisotopic (exact) mass is 525 g/mol. The fourth-order valence-corrected chi connectivity index (χ4v) is 3.77. The lowest BCUT2D eigenvalue weighted by atomic mass is 10.3. The fourth-order valence-electron chi connectivity index (χ4n) is 2.56. The maximum Gasteiger partial charge on any atom is 0.341 e. The summed E-state index contributed by atoms with van der Waals surface area (Å²) in [5, 5.41) is 5.18. The van der Waals surface area contributed by atoms with Crippen LogP contribution in [0.2, 0.25) is 10.0 Å². The number of halogens is 4. The molecule has 3 aromatic rings. The quantitative estimate of drug-likeness (QED) is 0.310. The highest BCUT2D eigenvalue weighted by molar-refractivity contribution is 8.00. The van der Waals surface area contributed by atoms with E-state index in [0.29, 0.717) is 0 Å². The number of carbonyl (C=O) groups excluding carboxylic acids is 3. The minimum absolute atomic E-state index is 0.00850. The molecule has 176 valence electrons. The third kappa shape index (κ3) is 7.14. The Morgan fingerprint density at radius 1 is 0.912 bits per heavy atom. The van der Waals surface area contributed by atoms with Crippen molar-refractivity contribution < 1.29 is 27.9 Å². The van der Waals surface area contributed by atoms with E-state index in [2.05, 4.69) is 15.6 Å². The van der Waals surface area contributed by atoms with Gasteiger partial charge >= 0.3 is 5.97 Å². The number of anilines is 2. The molecule has 12 heteroatoms. The van der Waals surface area contributed by atoms with Crippen LogP contribution in [-0.2, 0) is 14.3 Å². The van der Waals surface area contributed by atoms with Gasteiger partial charge in [0.15, 0.2) is 6.61 Å². The fraction of sp³-hybridized carbons (Fsp3) is 0.0909. The molecule has 7 nitrogen and oxygen atoms in total. The molecule has 2 amide bonds. The topological polar surface area (TPSA) is 97.4 Å². The molecule has 0 atom stereocenters. The van der Waals surface area contributed by atoms with Crippen LogP contribution in [0.1, 0.15) is 10.4 Å². The van der Waals surface area contributed by atoms with Crippen molar-refractivity contribution in [1.29, 1.82) is 0 Å². The number of hydrogen-bond donors (Lipinski definition) is 2. The molecule has 0 radical (unpaired) electrons. The molecule has 34 heavy (non-hydrogen) atoms. The smallest absolute Gasteiger partial charge is 0.341 e. The maximum absolute atomic E-state index is 13.1. The zero-order valence-electron chi connectivity index (χ0n) is 17.1. The molecule has 0 saturated carbocycles. The van der Waals surface area contributed by atoms with Crippen molar-refractivity contribution >= 4 is 64.1 Å². The van der Waals surface area contributed by atoms with Gasteiger partial charge in [0.1, 0.15) is 16.7 Å². The van der Waals surface area contributed by atoms with Crippen LogP contribution in [0.5, 0.6) is 0 Å². The molecule has 0 aliphatic carbocycles. The molecule has 0 aliphatic rings. The SMILES string of the molecule is O=C(COC(=O)c1cccnc1SCC(=O)Nc1ccc(F)cc1Cl)Nc1ccc(F)cc1Cl. The average Bonchev–Trinajstić information content (AvgIpc) is 2.80. The number of carbonyl (C=O) groups is 3. The van der Waals surface area contributed by atoms with E-state index in [1.807, 2.05) is 0 Å². The van der Waals surface area contributed by atoms with Gasteiger partial charge in [0.05, 0.1) is 32.7 Å². The maximum atomic E-state index is 13.1. The Hall–Kier alpha value is -3.21. The lowest BCUT2D eigenvalue weighted by molar-refractivity contribution is -0.119. The number of nitrogens with zero attached hydrogens (tertiary/aromatic N) is 1. The number of ether oxygens (including phenoxy) is 1. The summed E-state index contributed by atoms with van der Waals surface area (Å²) in [7, 11) is 0. The first-order valence-corrected chi connectivity index (χ1v) is 11.2. The van der Waals surface area contributed by atoms with Crippen molar-refractivity contribution in [3.63, 3.8) is 0 Å². The number of nitrogens with one attached hydrogen (secondary N) is 2. The van der Waals surface area contributed by atoms with E-state index in [-0.39, 0.29) is 37.8 Å². The van der Waals surface area contributed by atoms with Crippen LogP contribution in [0.15, 0.2) is 59.8 Å². The van der Waals surface area contributed by atoms with E-state index in [4.69, 9.17) is 27.9 Å². The first-order valence-electron chi connectivity index (χ1n) is 9.47. The lowest BCUT2D eigenvalue weighted by Crippen LogP contribution is -2.21. The third-order valence-electron chi connectivity index (χ3n) is 4.08.